The number of ether oxygens (including phenoxy) is 1. The van der Waals surface area contributed by atoms with E-state index in [0.29, 0.717) is 11.3 Å². The van der Waals surface area contributed by atoms with Gasteiger partial charge >= 0.3 is 5.97 Å². The predicted octanol–water partition coefficient (Wildman–Crippen LogP) is 5.99. The van der Waals surface area contributed by atoms with Crippen LogP contribution in [0.15, 0.2) is 107 Å². The summed E-state index contributed by atoms with van der Waals surface area (Å²) < 4.78 is 5.15. The van der Waals surface area contributed by atoms with Crippen LogP contribution in [0, 0.1) is 6.92 Å². The van der Waals surface area contributed by atoms with Crippen molar-refractivity contribution < 1.29 is 23.9 Å². The van der Waals surface area contributed by atoms with Crippen molar-refractivity contribution in [2.75, 3.05) is 11.5 Å². The van der Waals surface area contributed by atoms with E-state index in [4.69, 9.17) is 4.74 Å². The Kier molecular flexibility index (Phi) is 6.70. The maximum atomic E-state index is 13.1. The molecular weight excluding hydrogens is 486 g/mol. The fourth-order valence-corrected chi connectivity index (χ4v) is 4.75. The third kappa shape index (κ3) is 5.08. The Morgan fingerprint density at radius 1 is 0.730 bits per heavy atom. The van der Waals surface area contributed by atoms with Gasteiger partial charge in [-0.15, -0.1) is 0 Å². The van der Waals surface area contributed by atoms with Gasteiger partial charge in [0.1, 0.15) is 0 Å². The summed E-state index contributed by atoms with van der Waals surface area (Å²) >= 11 is 1.58. The van der Waals surface area contributed by atoms with E-state index in [1.807, 2.05) is 43.3 Å². The van der Waals surface area contributed by atoms with Gasteiger partial charge in [0.05, 0.1) is 22.4 Å². The van der Waals surface area contributed by atoms with Crippen LogP contribution in [0.25, 0.3) is 0 Å². The van der Waals surface area contributed by atoms with Crippen molar-refractivity contribution in [3.8, 4) is 0 Å². The zero-order chi connectivity index (χ0) is 25.9. The van der Waals surface area contributed by atoms with Gasteiger partial charge in [-0.05, 0) is 61.5 Å². The summed E-state index contributed by atoms with van der Waals surface area (Å²) in [6, 6.07) is 28.0. The highest BCUT2D eigenvalue weighted by Gasteiger charge is 2.37. The van der Waals surface area contributed by atoms with E-state index in [9.17, 15) is 19.2 Å². The van der Waals surface area contributed by atoms with Crippen molar-refractivity contribution in [3.05, 3.63) is 125 Å². The molecule has 5 rings (SSSR count). The molecule has 7 heteroatoms. The molecule has 0 aliphatic carbocycles. The maximum Gasteiger partial charge on any atom is 0.338 e. The molecule has 1 aliphatic heterocycles. The van der Waals surface area contributed by atoms with Crippen molar-refractivity contribution in [3.63, 3.8) is 0 Å². The lowest BCUT2D eigenvalue weighted by molar-refractivity contribution is 0.0474. The monoisotopic (exact) mass is 507 g/mol. The number of benzene rings is 4. The first-order chi connectivity index (χ1) is 17.9. The summed E-state index contributed by atoms with van der Waals surface area (Å²) in [7, 11) is 0. The minimum atomic E-state index is -0.747. The number of ketones is 1. The van der Waals surface area contributed by atoms with Crippen molar-refractivity contribution in [1.82, 2.24) is 0 Å². The fourth-order valence-electron chi connectivity index (χ4n) is 3.93. The first kappa shape index (κ1) is 24.2. The molecule has 6 nitrogen and oxygen atoms in total. The molecule has 0 aromatic heterocycles. The Hall–Kier alpha value is -4.49. The van der Waals surface area contributed by atoms with Crippen LogP contribution in [0.5, 0.6) is 0 Å². The standard InChI is InChI=1S/C30H21NO5S/c1-19-7-12-23(13-8-19)37-24-14-10-22(11-15-24)31-28(33)25-16-9-21(17-26(25)29(31)34)30(35)36-18-27(32)20-5-3-2-4-6-20/h2-17H,18H2,1H3. The second-order valence-electron chi connectivity index (χ2n) is 8.48. The van der Waals surface area contributed by atoms with Gasteiger partial charge in [0.2, 0.25) is 0 Å². The van der Waals surface area contributed by atoms with Crippen molar-refractivity contribution >= 4 is 41.0 Å². The Bertz CT molecular complexity index is 1510. The van der Waals surface area contributed by atoms with Crippen LogP contribution in [0.1, 0.15) is 47.0 Å². The lowest BCUT2D eigenvalue weighted by Gasteiger charge is -2.14. The molecule has 37 heavy (non-hydrogen) atoms. The van der Waals surface area contributed by atoms with E-state index in [1.54, 1.807) is 54.2 Å². The van der Waals surface area contributed by atoms with Gasteiger partial charge in [-0.2, -0.15) is 0 Å². The SMILES string of the molecule is Cc1ccc(Sc2ccc(N3C(=O)c4ccc(C(=O)OCC(=O)c5ccccc5)cc4C3=O)cc2)cc1. The molecular formula is C30H21NO5S. The summed E-state index contributed by atoms with van der Waals surface area (Å²) in [5.74, 6) is -2.06. The number of hydrogen-bond donors (Lipinski definition) is 0. The highest BCUT2D eigenvalue weighted by molar-refractivity contribution is 7.99. The molecule has 182 valence electrons. The van der Waals surface area contributed by atoms with E-state index in [0.717, 1.165) is 14.7 Å². The number of esters is 1. The van der Waals surface area contributed by atoms with Crippen LogP contribution in [0.2, 0.25) is 0 Å². The lowest BCUT2D eigenvalue weighted by Crippen LogP contribution is -2.29. The lowest BCUT2D eigenvalue weighted by atomic mass is 10.1. The first-order valence-electron chi connectivity index (χ1n) is 11.5. The summed E-state index contributed by atoms with van der Waals surface area (Å²) in [5.41, 5.74) is 2.47. The van der Waals surface area contributed by atoms with E-state index in [1.165, 1.54) is 23.8 Å². The van der Waals surface area contributed by atoms with Gasteiger partial charge in [0, 0.05) is 15.4 Å². The molecule has 0 saturated heterocycles. The summed E-state index contributed by atoms with van der Waals surface area (Å²) in [5, 5.41) is 0. The number of Topliss-reactive ketones (excluding diaryl/α,β-unsaturated/α-hetero) is 1. The molecule has 1 heterocycles. The second-order valence-corrected chi connectivity index (χ2v) is 9.63. The molecule has 4 aromatic rings. The number of anilines is 1. The quantitative estimate of drug-likeness (QED) is 0.174. The number of carbonyl (C=O) groups excluding carboxylic acids is 4. The van der Waals surface area contributed by atoms with E-state index < -0.39 is 24.4 Å². The van der Waals surface area contributed by atoms with Gasteiger partial charge in [0.15, 0.2) is 12.4 Å². The first-order valence-corrected chi connectivity index (χ1v) is 12.3. The number of hydrogen-bond acceptors (Lipinski definition) is 6. The van der Waals surface area contributed by atoms with Crippen molar-refractivity contribution in [2.45, 2.75) is 16.7 Å². The molecule has 0 N–H and O–H groups in total. The van der Waals surface area contributed by atoms with Crippen LogP contribution >= 0.6 is 11.8 Å². The molecule has 0 spiro atoms. The van der Waals surface area contributed by atoms with Crippen molar-refractivity contribution in [1.29, 1.82) is 0 Å². The molecule has 0 fully saturated rings. The third-order valence-electron chi connectivity index (χ3n) is 5.90. The summed E-state index contributed by atoms with van der Waals surface area (Å²) in [6.07, 6.45) is 0. The molecule has 0 unspecified atom stereocenters. The van der Waals surface area contributed by atoms with Gasteiger partial charge in [-0.3, -0.25) is 14.4 Å². The van der Waals surface area contributed by atoms with E-state index in [2.05, 4.69) is 0 Å². The summed E-state index contributed by atoms with van der Waals surface area (Å²) in [6.45, 7) is 1.61. The number of amides is 2. The van der Waals surface area contributed by atoms with Crippen LogP contribution in [-0.4, -0.2) is 30.2 Å². The normalized spacial score (nSPS) is 12.4. The minimum Gasteiger partial charge on any atom is -0.454 e. The van der Waals surface area contributed by atoms with Gasteiger partial charge in [-0.1, -0.05) is 59.8 Å². The predicted molar refractivity (Wildman–Crippen MR) is 140 cm³/mol. The van der Waals surface area contributed by atoms with Crippen molar-refractivity contribution in [2.24, 2.45) is 0 Å². The van der Waals surface area contributed by atoms with Gasteiger partial charge in [0.25, 0.3) is 11.8 Å². The second kappa shape index (κ2) is 10.2. The Labute approximate surface area is 217 Å². The maximum absolute atomic E-state index is 13.1. The number of nitrogens with zero attached hydrogens (tertiary/aromatic N) is 1. The average molecular weight is 508 g/mol. The zero-order valence-electron chi connectivity index (χ0n) is 19.8. The molecule has 0 atom stereocenters. The average Bonchev–Trinajstić information content (AvgIpc) is 3.18. The minimum absolute atomic E-state index is 0.0902. The highest BCUT2D eigenvalue weighted by Crippen LogP contribution is 2.33. The Morgan fingerprint density at radius 2 is 1.35 bits per heavy atom. The fraction of sp³-hybridized carbons (Fsp3) is 0.0667. The largest absolute Gasteiger partial charge is 0.454 e. The molecule has 1 aliphatic rings. The molecule has 2 amide bonds. The van der Waals surface area contributed by atoms with Gasteiger partial charge < -0.3 is 4.74 Å². The number of rotatable bonds is 7. The van der Waals surface area contributed by atoms with E-state index >= 15 is 0 Å². The number of imide groups is 1. The molecule has 0 saturated carbocycles. The van der Waals surface area contributed by atoms with Gasteiger partial charge in [-0.25, -0.2) is 9.69 Å². The van der Waals surface area contributed by atoms with Crippen LogP contribution in [-0.2, 0) is 4.74 Å². The number of aryl methyl sites for hydroxylation is 1. The van der Waals surface area contributed by atoms with Crippen LogP contribution < -0.4 is 4.90 Å². The highest BCUT2D eigenvalue weighted by atomic mass is 32.2. The van der Waals surface area contributed by atoms with Crippen LogP contribution in [0.4, 0.5) is 5.69 Å². The zero-order valence-corrected chi connectivity index (χ0v) is 20.7. The molecule has 4 aromatic carbocycles. The Balaban J connectivity index is 1.28. The topological polar surface area (TPSA) is 80.8 Å². The smallest absolute Gasteiger partial charge is 0.338 e. The number of fused-ring (bicyclic) bond motifs is 1. The molecule has 0 radical (unpaired) electrons. The third-order valence-corrected chi connectivity index (χ3v) is 6.92. The Morgan fingerprint density at radius 3 is 2.03 bits per heavy atom. The van der Waals surface area contributed by atoms with E-state index in [-0.39, 0.29) is 22.5 Å². The summed E-state index contributed by atoms with van der Waals surface area (Å²) in [4.78, 5) is 54.1. The van der Waals surface area contributed by atoms with Crippen LogP contribution in [0.3, 0.4) is 0 Å². The number of carbonyl (C=O) groups is 4. The molecule has 0 bridgehead atoms.